The fourth-order valence-corrected chi connectivity index (χ4v) is 10.5. The van der Waals surface area contributed by atoms with Gasteiger partial charge in [-0.3, -0.25) is 9.97 Å². The monoisotopic (exact) mass is 811 g/mol. The smallest absolute Gasteiger partial charge is 0.164 e. The van der Waals surface area contributed by atoms with Crippen LogP contribution in [-0.4, -0.2) is 24.9 Å². The molecule has 0 fully saturated rings. The predicted molar refractivity (Wildman–Crippen MR) is 261 cm³/mol. The Hall–Kier alpha value is -8.67. The van der Waals surface area contributed by atoms with E-state index < -0.39 is 0 Å². The van der Waals surface area contributed by atoms with E-state index >= 15 is 0 Å². The summed E-state index contributed by atoms with van der Waals surface area (Å²) in [5, 5.41) is 6.96. The number of aromatic nitrogens is 5. The number of rotatable bonds is 5. The molecule has 0 saturated heterocycles. The van der Waals surface area contributed by atoms with Crippen molar-refractivity contribution in [3.8, 4) is 101 Å². The molecule has 0 bridgehead atoms. The molecule has 2 aliphatic rings. The molecule has 0 atom stereocenters. The second kappa shape index (κ2) is 13.4. The molecule has 5 nitrogen and oxygen atoms in total. The van der Waals surface area contributed by atoms with Gasteiger partial charge in [0.05, 0.1) is 11.0 Å². The van der Waals surface area contributed by atoms with E-state index in [4.69, 9.17) is 24.9 Å². The normalized spacial score (nSPS) is 12.1. The molecular weight excluding hydrogens is 779 g/mol. The van der Waals surface area contributed by atoms with Crippen LogP contribution in [0.5, 0.6) is 0 Å². The van der Waals surface area contributed by atoms with Crippen LogP contribution in [-0.2, 0) is 0 Å². The zero-order valence-electron chi connectivity index (χ0n) is 34.3. The number of benzene rings is 9. The van der Waals surface area contributed by atoms with Crippen molar-refractivity contribution < 1.29 is 0 Å². The number of hydrogen-bond acceptors (Lipinski definition) is 5. The van der Waals surface area contributed by atoms with E-state index in [0.29, 0.717) is 17.5 Å². The maximum atomic E-state index is 5.39. The van der Waals surface area contributed by atoms with Crippen LogP contribution in [0.3, 0.4) is 0 Å². The average molecular weight is 812 g/mol. The van der Waals surface area contributed by atoms with Gasteiger partial charge in [0.15, 0.2) is 17.5 Å². The van der Waals surface area contributed by atoms with Gasteiger partial charge in [-0.25, -0.2) is 15.0 Å². The Morgan fingerprint density at radius 1 is 0.234 bits per heavy atom. The molecule has 294 valence electrons. The summed E-state index contributed by atoms with van der Waals surface area (Å²) in [4.78, 5) is 25.4. The molecule has 5 heteroatoms. The molecule has 14 rings (SSSR count). The van der Waals surface area contributed by atoms with E-state index in [9.17, 15) is 0 Å². The second-order valence-electron chi connectivity index (χ2n) is 16.7. The zero-order chi connectivity index (χ0) is 41.9. The van der Waals surface area contributed by atoms with Crippen LogP contribution in [0.25, 0.3) is 144 Å². The van der Waals surface area contributed by atoms with Gasteiger partial charge in [-0.15, -0.1) is 0 Å². The first-order valence-electron chi connectivity index (χ1n) is 21.7. The summed E-state index contributed by atoms with van der Waals surface area (Å²) >= 11 is 0. The van der Waals surface area contributed by atoms with Crippen LogP contribution in [0.2, 0.25) is 0 Å². The fourth-order valence-electron chi connectivity index (χ4n) is 10.5. The molecule has 3 aromatic heterocycles. The van der Waals surface area contributed by atoms with Crippen molar-refractivity contribution in [1.29, 1.82) is 0 Å². The van der Waals surface area contributed by atoms with Gasteiger partial charge in [0.25, 0.3) is 0 Å². The summed E-state index contributed by atoms with van der Waals surface area (Å²) in [6, 6.07) is 67.4. The van der Waals surface area contributed by atoms with Crippen molar-refractivity contribution in [2.75, 3.05) is 0 Å². The van der Waals surface area contributed by atoms with Crippen molar-refractivity contribution >= 4 is 43.4 Å². The highest BCUT2D eigenvalue weighted by atomic mass is 15.0. The van der Waals surface area contributed by atoms with E-state index in [1.807, 2.05) is 48.8 Å². The summed E-state index contributed by atoms with van der Waals surface area (Å²) in [7, 11) is 0. The van der Waals surface area contributed by atoms with Crippen molar-refractivity contribution in [2.45, 2.75) is 0 Å². The third-order valence-electron chi connectivity index (χ3n) is 13.3. The highest BCUT2D eigenvalue weighted by Crippen LogP contribution is 2.52. The first-order valence-corrected chi connectivity index (χ1v) is 21.7. The highest BCUT2D eigenvalue weighted by Gasteiger charge is 2.26. The minimum Gasteiger partial charge on any atom is -0.256 e. The van der Waals surface area contributed by atoms with Crippen LogP contribution in [0.1, 0.15) is 0 Å². The Labute approximate surface area is 368 Å². The van der Waals surface area contributed by atoms with E-state index in [1.54, 1.807) is 0 Å². The third kappa shape index (κ3) is 5.09. The lowest BCUT2D eigenvalue weighted by Crippen LogP contribution is -2.01. The van der Waals surface area contributed by atoms with Gasteiger partial charge in [-0.05, 0) is 131 Å². The fraction of sp³-hybridized carbons (Fsp3) is 0. The topological polar surface area (TPSA) is 64.5 Å². The molecule has 0 radical (unpaired) electrons. The molecule has 0 spiro atoms. The van der Waals surface area contributed by atoms with Crippen molar-refractivity contribution in [3.63, 3.8) is 0 Å². The van der Waals surface area contributed by atoms with Crippen LogP contribution in [0, 0.1) is 0 Å². The third-order valence-corrected chi connectivity index (χ3v) is 13.3. The maximum Gasteiger partial charge on any atom is 0.164 e. The summed E-state index contributed by atoms with van der Waals surface area (Å²) in [6.07, 6.45) is 3.65. The first kappa shape index (κ1) is 35.0. The van der Waals surface area contributed by atoms with E-state index in [0.717, 1.165) is 60.8 Å². The summed E-state index contributed by atoms with van der Waals surface area (Å²) < 4.78 is 0. The lowest BCUT2D eigenvalue weighted by atomic mass is 9.89. The lowest BCUT2D eigenvalue weighted by molar-refractivity contribution is 1.08. The van der Waals surface area contributed by atoms with Gasteiger partial charge in [-0.2, -0.15) is 0 Å². The second-order valence-corrected chi connectivity index (χ2v) is 16.7. The Morgan fingerprint density at radius 2 is 0.594 bits per heavy atom. The van der Waals surface area contributed by atoms with Gasteiger partial charge in [0.2, 0.25) is 0 Å². The number of pyridine rings is 2. The number of nitrogens with zero attached hydrogens (tertiary/aromatic N) is 5. The van der Waals surface area contributed by atoms with Crippen molar-refractivity contribution in [1.82, 2.24) is 24.9 Å². The SMILES string of the molecule is c1ccc2c(c1)-c1cccc3c(-c4cc(-c5nc(-c6cccc7ncccc67)nc(-c6cccc7ncccc67)n5)cc(-c5ccc6c7c(cccc57)-c5ccccc5-6)c4)ccc-2c13. The molecule has 64 heavy (non-hydrogen) atoms. The Bertz CT molecular complexity index is 3660. The highest BCUT2D eigenvalue weighted by molar-refractivity contribution is 6.20. The largest absolute Gasteiger partial charge is 0.256 e. The molecule has 2 aliphatic carbocycles. The van der Waals surface area contributed by atoms with Crippen LogP contribution in [0.4, 0.5) is 0 Å². The van der Waals surface area contributed by atoms with Gasteiger partial charge in [0, 0.05) is 39.9 Å². The molecule has 0 amide bonds. The number of fused-ring (bicyclic) bond motifs is 8. The summed E-state index contributed by atoms with van der Waals surface area (Å²) in [5.74, 6) is 1.75. The lowest BCUT2D eigenvalue weighted by Gasteiger charge is -2.16. The van der Waals surface area contributed by atoms with Gasteiger partial charge in [0.1, 0.15) is 0 Å². The minimum absolute atomic E-state index is 0.581. The van der Waals surface area contributed by atoms with Crippen molar-refractivity contribution in [2.24, 2.45) is 0 Å². The summed E-state index contributed by atoms with van der Waals surface area (Å²) in [5.41, 5.74) is 19.1. The van der Waals surface area contributed by atoms with Crippen LogP contribution >= 0.6 is 0 Å². The van der Waals surface area contributed by atoms with Gasteiger partial charge < -0.3 is 0 Å². The molecule has 12 aromatic rings. The standard InChI is InChI=1S/C59H33N5/c1-3-13-41-39(11-1)47-17-5-15-45-37(25-27-49(41)55(45)47)34-31-35(38-26-28-50-42-14-4-2-12-40(42)48-18-6-16-46(38)56(48)50)33-36(32-34)57-62-58(51-19-7-23-53-43(51)21-9-29-60-53)64-59(63-57)52-20-8-24-54-44(52)22-10-30-61-54/h1-33H. The molecule has 9 aromatic carbocycles. The number of hydrogen-bond donors (Lipinski definition) is 0. The minimum atomic E-state index is 0.581. The van der Waals surface area contributed by atoms with E-state index in [1.165, 1.54) is 66.1 Å². The molecular formula is C59H33N5. The average Bonchev–Trinajstić information content (AvgIpc) is 3.87. The molecule has 0 N–H and O–H groups in total. The Kier molecular flexibility index (Phi) is 7.33. The van der Waals surface area contributed by atoms with Crippen molar-refractivity contribution in [3.05, 3.63) is 200 Å². The van der Waals surface area contributed by atoms with E-state index in [-0.39, 0.29) is 0 Å². The zero-order valence-corrected chi connectivity index (χ0v) is 34.3. The van der Waals surface area contributed by atoms with Crippen LogP contribution in [0.15, 0.2) is 200 Å². The Morgan fingerprint density at radius 3 is 1.08 bits per heavy atom. The van der Waals surface area contributed by atoms with E-state index in [2.05, 4.69) is 152 Å². The van der Waals surface area contributed by atoms with Crippen LogP contribution < -0.4 is 0 Å². The first-order chi connectivity index (χ1) is 31.7. The van der Waals surface area contributed by atoms with Gasteiger partial charge >= 0.3 is 0 Å². The molecule has 3 heterocycles. The molecule has 0 unspecified atom stereocenters. The molecule has 0 aliphatic heterocycles. The maximum absolute atomic E-state index is 5.39. The quantitative estimate of drug-likeness (QED) is 0.173. The molecule has 0 saturated carbocycles. The summed E-state index contributed by atoms with van der Waals surface area (Å²) in [6.45, 7) is 0. The predicted octanol–water partition coefficient (Wildman–Crippen LogP) is 14.9. The van der Waals surface area contributed by atoms with Gasteiger partial charge in [-0.1, -0.05) is 146 Å². The Balaban J connectivity index is 1.06.